The highest BCUT2D eigenvalue weighted by Crippen LogP contribution is 2.23. The summed E-state index contributed by atoms with van der Waals surface area (Å²) in [6.07, 6.45) is 73.4. The Bertz CT molecular complexity index is 1540. The third kappa shape index (κ3) is 43.5. The fraction of sp³-hybridized carbons (Fsp3) is 0.712. The predicted octanol–water partition coefficient (Wildman–Crippen LogP) is 15.7. The molecule has 1 aliphatic rings. The van der Waals surface area contributed by atoms with E-state index in [0.29, 0.717) is 12.8 Å². The van der Waals surface area contributed by atoms with E-state index in [1.165, 1.54) is 148 Å². The standard InChI is InChI=1S/C66H113NO8/c1-3-5-7-9-11-13-15-17-19-21-23-24-25-26-27-28-29-30-31-32-33-34-35-36-38-39-41-43-45-47-49-51-53-55-60(69)59(58-74-66-65(73)64(72)63(71)61(57-68)75-66)67-62(70)56-54-52-50-48-46-44-42-40-37-22-20-18-16-14-12-10-8-6-4-2/h6,8,12,14,18,20,37-40,44-47,50,52-53,55,59-61,63-66,68-69,71-73H,3-5,7,9-11,13,15-17,19,21-36,41-43,48-49,51,54,56-58H2,1-2H3,(H,67,70)/b8-6-,14-12-,20-18-,39-38+,40-37-,46-44-,47-45+,52-50-,55-53+. The van der Waals surface area contributed by atoms with Gasteiger partial charge in [-0.05, 0) is 83.5 Å². The van der Waals surface area contributed by atoms with E-state index in [4.69, 9.17) is 9.47 Å². The number of unbranched alkanes of at least 4 members (excludes halogenated alkanes) is 25. The largest absolute Gasteiger partial charge is 0.394 e. The molecule has 7 unspecified atom stereocenters. The van der Waals surface area contributed by atoms with Gasteiger partial charge in [0.15, 0.2) is 6.29 Å². The second-order valence-corrected chi connectivity index (χ2v) is 20.7. The van der Waals surface area contributed by atoms with Gasteiger partial charge < -0.3 is 40.3 Å². The molecule has 75 heavy (non-hydrogen) atoms. The molecule has 1 aliphatic heterocycles. The molecule has 0 aliphatic carbocycles. The second kappa shape index (κ2) is 54.2. The van der Waals surface area contributed by atoms with E-state index >= 15 is 0 Å². The number of carbonyl (C=O) groups is 1. The fourth-order valence-electron chi connectivity index (χ4n) is 9.04. The Morgan fingerprint density at radius 3 is 1.27 bits per heavy atom. The summed E-state index contributed by atoms with van der Waals surface area (Å²) in [7, 11) is 0. The zero-order chi connectivity index (χ0) is 54.3. The van der Waals surface area contributed by atoms with Gasteiger partial charge in [-0.15, -0.1) is 0 Å². The molecule has 0 aromatic carbocycles. The molecule has 1 rings (SSSR count). The molecule has 0 radical (unpaired) electrons. The first kappa shape index (κ1) is 69.9. The van der Waals surface area contributed by atoms with Gasteiger partial charge in [-0.1, -0.05) is 264 Å². The average molecular weight is 1050 g/mol. The van der Waals surface area contributed by atoms with Gasteiger partial charge in [0.05, 0.1) is 25.4 Å². The van der Waals surface area contributed by atoms with Gasteiger partial charge in [0, 0.05) is 6.42 Å². The SMILES string of the molecule is CC/C=C\C/C=C\C/C=C\C/C=C\C/C=C\C/C=C\CCC(=O)NC(COC1OC(CO)C(O)C(O)C1O)C(O)/C=C/CC/C=C/CC/C=C/CCCCCCCCCCCCCCCCCCCCCCCCC. The van der Waals surface area contributed by atoms with Crippen LogP contribution < -0.4 is 5.32 Å². The van der Waals surface area contributed by atoms with E-state index in [9.17, 15) is 30.3 Å². The summed E-state index contributed by atoms with van der Waals surface area (Å²) >= 11 is 0. The summed E-state index contributed by atoms with van der Waals surface area (Å²) in [5, 5.41) is 54.4. The number of carbonyl (C=O) groups excluding carboxylic acids is 1. The van der Waals surface area contributed by atoms with Crippen molar-refractivity contribution in [1.82, 2.24) is 5.32 Å². The van der Waals surface area contributed by atoms with Crippen LogP contribution in [0.5, 0.6) is 0 Å². The third-order valence-electron chi connectivity index (χ3n) is 13.8. The zero-order valence-corrected chi connectivity index (χ0v) is 47.8. The van der Waals surface area contributed by atoms with Crippen molar-refractivity contribution >= 4 is 5.91 Å². The van der Waals surface area contributed by atoms with Crippen molar-refractivity contribution in [2.24, 2.45) is 0 Å². The lowest BCUT2D eigenvalue weighted by Crippen LogP contribution is -2.60. The molecule has 1 heterocycles. The lowest BCUT2D eigenvalue weighted by molar-refractivity contribution is -0.302. The van der Waals surface area contributed by atoms with Crippen LogP contribution in [-0.2, 0) is 14.3 Å². The number of hydrogen-bond donors (Lipinski definition) is 6. The summed E-state index contributed by atoms with van der Waals surface area (Å²) in [6.45, 7) is 3.60. The van der Waals surface area contributed by atoms with Crippen LogP contribution in [0.2, 0.25) is 0 Å². The van der Waals surface area contributed by atoms with Gasteiger partial charge >= 0.3 is 0 Å². The maximum atomic E-state index is 13.0. The van der Waals surface area contributed by atoms with E-state index in [1.54, 1.807) is 6.08 Å². The average Bonchev–Trinajstić information content (AvgIpc) is 3.41. The molecule has 1 amide bonds. The molecule has 9 heteroatoms. The van der Waals surface area contributed by atoms with Crippen molar-refractivity contribution in [2.75, 3.05) is 13.2 Å². The first-order chi connectivity index (χ1) is 36.8. The van der Waals surface area contributed by atoms with E-state index in [2.05, 4.69) is 104 Å². The number of aliphatic hydroxyl groups excluding tert-OH is 5. The van der Waals surface area contributed by atoms with Gasteiger partial charge in [-0.3, -0.25) is 4.79 Å². The number of rotatable bonds is 51. The van der Waals surface area contributed by atoms with Crippen molar-refractivity contribution in [1.29, 1.82) is 0 Å². The first-order valence-electron chi connectivity index (χ1n) is 30.6. The van der Waals surface area contributed by atoms with Crippen LogP contribution in [0.1, 0.15) is 245 Å². The van der Waals surface area contributed by atoms with Crippen molar-refractivity contribution in [3.05, 3.63) is 109 Å². The highest BCUT2D eigenvalue weighted by molar-refractivity contribution is 5.76. The molecule has 6 N–H and O–H groups in total. The lowest BCUT2D eigenvalue weighted by atomic mass is 9.99. The van der Waals surface area contributed by atoms with Crippen LogP contribution in [0.3, 0.4) is 0 Å². The van der Waals surface area contributed by atoms with E-state index in [0.717, 1.165) is 64.2 Å². The summed E-state index contributed by atoms with van der Waals surface area (Å²) in [5.74, 6) is -0.275. The minimum absolute atomic E-state index is 0.203. The molecule has 0 spiro atoms. The maximum Gasteiger partial charge on any atom is 0.220 e. The van der Waals surface area contributed by atoms with Gasteiger partial charge in [0.1, 0.15) is 24.4 Å². The van der Waals surface area contributed by atoms with Crippen LogP contribution in [0.4, 0.5) is 0 Å². The smallest absolute Gasteiger partial charge is 0.220 e. The van der Waals surface area contributed by atoms with Gasteiger partial charge in [0.2, 0.25) is 5.91 Å². The Labute approximate surface area is 459 Å². The topological polar surface area (TPSA) is 149 Å². The Morgan fingerprint density at radius 2 is 0.840 bits per heavy atom. The molecule has 0 aromatic rings. The Kier molecular flexibility index (Phi) is 50.5. The number of nitrogens with one attached hydrogen (secondary N) is 1. The van der Waals surface area contributed by atoms with E-state index < -0.39 is 49.5 Å². The van der Waals surface area contributed by atoms with Crippen molar-refractivity contribution in [3.8, 4) is 0 Å². The molecule has 430 valence electrons. The summed E-state index contributed by atoms with van der Waals surface area (Å²) in [4.78, 5) is 13.0. The fourth-order valence-corrected chi connectivity index (χ4v) is 9.04. The molecular formula is C66H113NO8. The maximum absolute atomic E-state index is 13.0. The highest BCUT2D eigenvalue weighted by Gasteiger charge is 2.44. The Morgan fingerprint density at radius 1 is 0.467 bits per heavy atom. The molecule has 0 saturated carbocycles. The van der Waals surface area contributed by atoms with Gasteiger partial charge in [-0.2, -0.15) is 0 Å². The van der Waals surface area contributed by atoms with Crippen LogP contribution in [0, 0.1) is 0 Å². The van der Waals surface area contributed by atoms with Crippen molar-refractivity contribution in [3.63, 3.8) is 0 Å². The molecule has 1 fully saturated rings. The number of aliphatic hydroxyl groups is 5. The normalized spacial score (nSPS) is 19.7. The number of ether oxygens (including phenoxy) is 2. The van der Waals surface area contributed by atoms with E-state index in [1.807, 2.05) is 18.2 Å². The molecule has 0 aromatic heterocycles. The highest BCUT2D eigenvalue weighted by atomic mass is 16.7. The van der Waals surface area contributed by atoms with Crippen LogP contribution in [0.25, 0.3) is 0 Å². The molecule has 7 atom stereocenters. The summed E-state index contributed by atoms with van der Waals surface area (Å²) in [5.41, 5.74) is 0. The quantitative estimate of drug-likeness (QED) is 0.0261. The lowest BCUT2D eigenvalue weighted by Gasteiger charge is -2.40. The molecule has 1 saturated heterocycles. The Balaban J connectivity index is 2.25. The third-order valence-corrected chi connectivity index (χ3v) is 13.8. The molecular weight excluding hydrogens is 935 g/mol. The minimum Gasteiger partial charge on any atom is -0.394 e. The minimum atomic E-state index is -1.60. The first-order valence-corrected chi connectivity index (χ1v) is 30.6. The molecule has 0 bridgehead atoms. The Hall–Kier alpha value is -3.15. The van der Waals surface area contributed by atoms with Gasteiger partial charge in [0.25, 0.3) is 0 Å². The van der Waals surface area contributed by atoms with Crippen LogP contribution >= 0.6 is 0 Å². The van der Waals surface area contributed by atoms with Crippen LogP contribution in [0.15, 0.2) is 109 Å². The van der Waals surface area contributed by atoms with Gasteiger partial charge in [-0.25, -0.2) is 0 Å². The van der Waals surface area contributed by atoms with Crippen molar-refractivity contribution in [2.45, 2.75) is 288 Å². The predicted molar refractivity (Wildman–Crippen MR) is 317 cm³/mol. The number of hydrogen-bond acceptors (Lipinski definition) is 8. The zero-order valence-electron chi connectivity index (χ0n) is 47.8. The number of amides is 1. The second-order valence-electron chi connectivity index (χ2n) is 20.7. The monoisotopic (exact) mass is 1050 g/mol. The summed E-state index contributed by atoms with van der Waals surface area (Å²) in [6, 6.07) is -0.878. The van der Waals surface area contributed by atoms with Crippen LogP contribution in [-0.4, -0.2) is 87.5 Å². The summed E-state index contributed by atoms with van der Waals surface area (Å²) < 4.78 is 11.2. The number of allylic oxidation sites excluding steroid dienone is 17. The van der Waals surface area contributed by atoms with Crippen molar-refractivity contribution < 1.29 is 39.8 Å². The van der Waals surface area contributed by atoms with E-state index in [-0.39, 0.29) is 18.9 Å². The molecule has 9 nitrogen and oxygen atoms in total.